The lowest BCUT2D eigenvalue weighted by Gasteiger charge is -2.10. The molecule has 0 bridgehead atoms. The van der Waals surface area contributed by atoms with Crippen molar-refractivity contribution in [3.63, 3.8) is 0 Å². The van der Waals surface area contributed by atoms with E-state index in [2.05, 4.69) is 20.7 Å². The predicted octanol–water partition coefficient (Wildman–Crippen LogP) is 5.55. The average molecular weight is 488 g/mol. The molecule has 0 fully saturated rings. The molecule has 31 heavy (non-hydrogen) atoms. The number of aromatic nitrogens is 3. The van der Waals surface area contributed by atoms with E-state index in [1.54, 1.807) is 41.8 Å². The molecule has 4 rings (SSSR count). The molecule has 0 saturated heterocycles. The molecular formula is C21H15Cl2N5OS2. The van der Waals surface area contributed by atoms with Gasteiger partial charge in [-0.15, -0.1) is 21.5 Å². The number of hydrazone groups is 1. The van der Waals surface area contributed by atoms with Gasteiger partial charge in [0.1, 0.15) is 0 Å². The Balaban J connectivity index is 1.54. The van der Waals surface area contributed by atoms with Crippen molar-refractivity contribution in [1.82, 2.24) is 20.2 Å². The molecule has 0 atom stereocenters. The van der Waals surface area contributed by atoms with Crippen LogP contribution in [0.5, 0.6) is 0 Å². The molecule has 2 aromatic heterocycles. The second-order valence-corrected chi connectivity index (χ2v) is 9.02. The molecule has 6 nitrogen and oxygen atoms in total. The summed E-state index contributed by atoms with van der Waals surface area (Å²) in [6.45, 7) is 0. The van der Waals surface area contributed by atoms with Gasteiger partial charge in [0.2, 0.25) is 0 Å². The highest BCUT2D eigenvalue weighted by Gasteiger charge is 2.17. The quantitative estimate of drug-likeness (QED) is 0.211. The molecule has 0 radical (unpaired) electrons. The van der Waals surface area contributed by atoms with Crippen LogP contribution in [0.4, 0.5) is 0 Å². The molecule has 1 N–H and O–H groups in total. The second kappa shape index (κ2) is 10.1. The third-order valence-electron chi connectivity index (χ3n) is 4.08. The Labute approximate surface area is 196 Å². The van der Waals surface area contributed by atoms with Crippen LogP contribution in [-0.2, 0) is 4.79 Å². The Bertz CT molecular complexity index is 1190. The highest BCUT2D eigenvalue weighted by Crippen LogP contribution is 2.29. The molecule has 2 heterocycles. The number of carbonyl (C=O) groups excluding carboxylic acids is 1. The zero-order valence-electron chi connectivity index (χ0n) is 15.9. The lowest BCUT2D eigenvalue weighted by molar-refractivity contribution is -0.118. The van der Waals surface area contributed by atoms with Crippen LogP contribution in [-0.4, -0.2) is 32.6 Å². The first-order chi connectivity index (χ1) is 15.1. The predicted molar refractivity (Wildman–Crippen MR) is 128 cm³/mol. The topological polar surface area (TPSA) is 72.2 Å². The number of nitrogens with zero attached hydrogens (tertiary/aromatic N) is 4. The maximum Gasteiger partial charge on any atom is 0.250 e. The van der Waals surface area contributed by atoms with Crippen molar-refractivity contribution < 1.29 is 4.79 Å². The first kappa shape index (κ1) is 21.6. The normalized spacial score (nSPS) is 11.2. The van der Waals surface area contributed by atoms with Gasteiger partial charge in [-0.3, -0.25) is 9.36 Å². The standard InChI is InChI=1S/C21H15Cl2N5OS2/c22-15-5-3-14(4-6-15)20-26-27-21(28(20)17-9-7-16(23)8-10-17)31-13-19(29)25-24-12-18-2-1-11-30-18/h1-12H,13H2,(H,25,29). The number of thiophene rings is 1. The molecule has 0 aliphatic rings. The van der Waals surface area contributed by atoms with E-state index in [0.717, 1.165) is 16.1 Å². The molecule has 156 valence electrons. The molecule has 0 aliphatic carbocycles. The van der Waals surface area contributed by atoms with Crippen LogP contribution in [0.1, 0.15) is 4.88 Å². The fourth-order valence-corrected chi connectivity index (χ4v) is 4.25. The van der Waals surface area contributed by atoms with Gasteiger partial charge in [0.05, 0.1) is 12.0 Å². The van der Waals surface area contributed by atoms with Crippen molar-refractivity contribution in [3.05, 3.63) is 81.0 Å². The van der Waals surface area contributed by atoms with E-state index >= 15 is 0 Å². The van der Waals surface area contributed by atoms with Crippen molar-refractivity contribution in [1.29, 1.82) is 0 Å². The van der Waals surface area contributed by atoms with Gasteiger partial charge in [-0.1, -0.05) is 41.0 Å². The highest BCUT2D eigenvalue weighted by atomic mass is 35.5. The number of nitrogens with one attached hydrogen (secondary N) is 1. The maximum absolute atomic E-state index is 12.2. The van der Waals surface area contributed by atoms with Crippen molar-refractivity contribution in [2.45, 2.75) is 5.16 Å². The van der Waals surface area contributed by atoms with E-state index in [-0.39, 0.29) is 11.7 Å². The summed E-state index contributed by atoms with van der Waals surface area (Å²) in [5.74, 6) is 0.530. The smallest absolute Gasteiger partial charge is 0.250 e. The zero-order valence-corrected chi connectivity index (χ0v) is 19.0. The summed E-state index contributed by atoms with van der Waals surface area (Å²) >= 11 is 14.9. The van der Waals surface area contributed by atoms with E-state index in [1.807, 2.05) is 46.3 Å². The molecule has 4 aromatic rings. The monoisotopic (exact) mass is 487 g/mol. The second-order valence-electron chi connectivity index (χ2n) is 6.22. The molecule has 10 heteroatoms. The molecule has 0 spiro atoms. The molecule has 1 amide bonds. The van der Waals surface area contributed by atoms with Crippen molar-refractivity contribution in [3.8, 4) is 17.1 Å². The Morgan fingerprint density at radius 2 is 1.77 bits per heavy atom. The Morgan fingerprint density at radius 1 is 1.06 bits per heavy atom. The van der Waals surface area contributed by atoms with Gasteiger partial charge in [0.25, 0.3) is 5.91 Å². The number of hydrogen-bond acceptors (Lipinski definition) is 6. The van der Waals surface area contributed by atoms with Crippen LogP contribution in [0, 0.1) is 0 Å². The van der Waals surface area contributed by atoms with Crippen LogP contribution in [0.2, 0.25) is 10.0 Å². The van der Waals surface area contributed by atoms with Crippen molar-refractivity contribution in [2.75, 3.05) is 5.75 Å². The van der Waals surface area contributed by atoms with Crippen LogP contribution in [0.15, 0.2) is 76.3 Å². The van der Waals surface area contributed by atoms with E-state index in [1.165, 1.54) is 11.8 Å². The molecule has 0 unspecified atom stereocenters. The number of rotatable bonds is 7. The Morgan fingerprint density at radius 3 is 2.45 bits per heavy atom. The summed E-state index contributed by atoms with van der Waals surface area (Å²) in [6.07, 6.45) is 1.61. The first-order valence-electron chi connectivity index (χ1n) is 9.05. The average Bonchev–Trinajstić information content (AvgIpc) is 3.43. The summed E-state index contributed by atoms with van der Waals surface area (Å²) < 4.78 is 1.88. The van der Waals surface area contributed by atoms with Crippen LogP contribution >= 0.6 is 46.3 Å². The van der Waals surface area contributed by atoms with E-state index in [4.69, 9.17) is 23.2 Å². The summed E-state index contributed by atoms with van der Waals surface area (Å²) in [4.78, 5) is 13.2. The SMILES string of the molecule is O=C(CSc1nnc(-c2ccc(Cl)cc2)n1-c1ccc(Cl)cc1)NN=Cc1cccs1. The lowest BCUT2D eigenvalue weighted by atomic mass is 10.2. The van der Waals surface area contributed by atoms with Gasteiger partial charge in [-0.2, -0.15) is 5.10 Å². The van der Waals surface area contributed by atoms with Crippen LogP contribution in [0.3, 0.4) is 0 Å². The summed E-state index contributed by atoms with van der Waals surface area (Å²) in [5, 5.41) is 16.4. The number of benzene rings is 2. The van der Waals surface area contributed by atoms with Gasteiger partial charge in [0.15, 0.2) is 11.0 Å². The van der Waals surface area contributed by atoms with Crippen molar-refractivity contribution >= 4 is 58.4 Å². The van der Waals surface area contributed by atoms with Crippen molar-refractivity contribution in [2.24, 2.45) is 5.10 Å². The van der Waals surface area contributed by atoms with Gasteiger partial charge in [-0.25, -0.2) is 5.43 Å². The van der Waals surface area contributed by atoms with Gasteiger partial charge >= 0.3 is 0 Å². The maximum atomic E-state index is 12.2. The molecule has 2 aromatic carbocycles. The number of hydrogen-bond donors (Lipinski definition) is 1. The zero-order chi connectivity index (χ0) is 21.6. The fraction of sp³-hybridized carbons (Fsp3) is 0.0476. The molecular weight excluding hydrogens is 473 g/mol. The highest BCUT2D eigenvalue weighted by molar-refractivity contribution is 7.99. The number of halogens is 2. The minimum Gasteiger partial charge on any atom is -0.272 e. The van der Waals surface area contributed by atoms with Gasteiger partial charge in [0, 0.05) is 26.2 Å². The number of thioether (sulfide) groups is 1. The molecule has 0 aliphatic heterocycles. The first-order valence-corrected chi connectivity index (χ1v) is 11.7. The molecule has 0 saturated carbocycles. The van der Waals surface area contributed by atoms with Gasteiger partial charge in [-0.05, 0) is 60.0 Å². The summed E-state index contributed by atoms with van der Waals surface area (Å²) in [6, 6.07) is 18.5. The largest absolute Gasteiger partial charge is 0.272 e. The lowest BCUT2D eigenvalue weighted by Crippen LogP contribution is -2.19. The minimum absolute atomic E-state index is 0.133. The number of carbonyl (C=O) groups is 1. The Hall–Kier alpha value is -2.65. The summed E-state index contributed by atoms with van der Waals surface area (Å²) in [5.41, 5.74) is 4.21. The third kappa shape index (κ3) is 5.54. The van der Waals surface area contributed by atoms with Gasteiger partial charge < -0.3 is 0 Å². The van der Waals surface area contributed by atoms with E-state index in [0.29, 0.717) is 21.0 Å². The van der Waals surface area contributed by atoms with Crippen LogP contribution in [0.25, 0.3) is 17.1 Å². The number of amides is 1. The van der Waals surface area contributed by atoms with E-state index in [9.17, 15) is 4.79 Å². The Kier molecular flexibility index (Phi) is 7.03. The summed E-state index contributed by atoms with van der Waals surface area (Å²) in [7, 11) is 0. The minimum atomic E-state index is -0.239. The van der Waals surface area contributed by atoms with E-state index < -0.39 is 0 Å². The fourth-order valence-electron chi connectivity index (χ4n) is 2.67. The van der Waals surface area contributed by atoms with Crippen LogP contribution < -0.4 is 5.43 Å². The third-order valence-corrected chi connectivity index (χ3v) is 6.32.